The first-order chi connectivity index (χ1) is 6.25. The molecule has 0 saturated carbocycles. The summed E-state index contributed by atoms with van der Waals surface area (Å²) in [6, 6.07) is 0.201. The van der Waals surface area contributed by atoms with Gasteiger partial charge < -0.3 is 9.80 Å². The van der Waals surface area contributed by atoms with E-state index >= 15 is 0 Å². The van der Waals surface area contributed by atoms with E-state index < -0.39 is 0 Å². The van der Waals surface area contributed by atoms with Crippen molar-refractivity contribution in [3.8, 4) is 0 Å². The number of carbonyl (C=O) groups excluding carboxylic acids is 1. The van der Waals surface area contributed by atoms with Crippen LogP contribution >= 0.6 is 11.8 Å². The molecule has 0 radical (unpaired) electrons. The van der Waals surface area contributed by atoms with Gasteiger partial charge in [0.05, 0.1) is 0 Å². The van der Waals surface area contributed by atoms with Crippen molar-refractivity contribution in [1.29, 1.82) is 0 Å². The zero-order chi connectivity index (χ0) is 9.68. The predicted octanol–water partition coefficient (Wildman–Crippen LogP) is 1.50. The molecule has 1 heterocycles. The van der Waals surface area contributed by atoms with Crippen LogP contribution in [0.15, 0.2) is 0 Å². The van der Waals surface area contributed by atoms with Crippen LogP contribution in [0.1, 0.15) is 12.8 Å². The Morgan fingerprint density at radius 2 is 2.08 bits per heavy atom. The quantitative estimate of drug-likeness (QED) is 0.692. The van der Waals surface area contributed by atoms with Gasteiger partial charge in [-0.3, -0.25) is 0 Å². The lowest BCUT2D eigenvalue weighted by Gasteiger charge is -2.23. The summed E-state index contributed by atoms with van der Waals surface area (Å²) >= 11 is 1.78. The summed E-state index contributed by atoms with van der Waals surface area (Å²) in [6.07, 6.45) is 4.40. The molecule has 0 unspecified atom stereocenters. The van der Waals surface area contributed by atoms with Crippen LogP contribution in [0.25, 0.3) is 0 Å². The van der Waals surface area contributed by atoms with Crippen molar-refractivity contribution in [3.05, 3.63) is 0 Å². The number of rotatable bonds is 3. The van der Waals surface area contributed by atoms with Crippen LogP contribution in [-0.4, -0.2) is 54.5 Å². The van der Waals surface area contributed by atoms with Crippen molar-refractivity contribution in [2.75, 3.05) is 38.7 Å². The largest absolute Gasteiger partial charge is 0.327 e. The number of hydrogen-bond acceptors (Lipinski definition) is 2. The lowest BCUT2D eigenvalue weighted by atomic mass is 10.4. The molecule has 0 bridgehead atoms. The molecule has 0 aliphatic carbocycles. The summed E-state index contributed by atoms with van der Waals surface area (Å²) in [7, 11) is 1.89. The summed E-state index contributed by atoms with van der Waals surface area (Å²) in [5, 5.41) is 0. The number of likely N-dealkylation sites (tertiary alicyclic amines) is 1. The Labute approximate surface area is 84.5 Å². The van der Waals surface area contributed by atoms with Crippen molar-refractivity contribution >= 4 is 17.8 Å². The minimum atomic E-state index is 0.201. The van der Waals surface area contributed by atoms with E-state index in [9.17, 15) is 4.79 Å². The zero-order valence-electron chi connectivity index (χ0n) is 8.45. The first-order valence-electron chi connectivity index (χ1n) is 4.74. The predicted molar refractivity (Wildman–Crippen MR) is 57.2 cm³/mol. The van der Waals surface area contributed by atoms with Gasteiger partial charge in [0.15, 0.2) is 0 Å². The van der Waals surface area contributed by atoms with Gasteiger partial charge in [-0.2, -0.15) is 11.8 Å². The Hall–Kier alpha value is -0.380. The molecule has 1 aliphatic heterocycles. The van der Waals surface area contributed by atoms with Crippen molar-refractivity contribution in [2.45, 2.75) is 12.8 Å². The molecule has 1 rings (SSSR count). The fourth-order valence-electron chi connectivity index (χ4n) is 1.47. The van der Waals surface area contributed by atoms with Gasteiger partial charge in [-0.25, -0.2) is 4.79 Å². The van der Waals surface area contributed by atoms with Crippen molar-refractivity contribution in [2.24, 2.45) is 0 Å². The Balaban J connectivity index is 2.28. The van der Waals surface area contributed by atoms with E-state index in [2.05, 4.69) is 6.26 Å². The molecule has 1 fully saturated rings. The molecular formula is C9H18N2OS. The van der Waals surface area contributed by atoms with Crippen molar-refractivity contribution < 1.29 is 4.79 Å². The highest BCUT2D eigenvalue weighted by atomic mass is 32.2. The second-order valence-electron chi connectivity index (χ2n) is 3.39. The first kappa shape index (κ1) is 10.7. The third-order valence-corrected chi connectivity index (χ3v) is 2.92. The minimum Gasteiger partial charge on any atom is -0.327 e. The number of nitrogens with zero attached hydrogens (tertiary/aromatic N) is 2. The van der Waals surface area contributed by atoms with Gasteiger partial charge in [-0.15, -0.1) is 0 Å². The summed E-state index contributed by atoms with van der Waals surface area (Å²) in [5.41, 5.74) is 0. The third kappa shape index (κ3) is 3.10. The molecule has 0 spiro atoms. The minimum absolute atomic E-state index is 0.201. The molecule has 0 N–H and O–H groups in total. The van der Waals surface area contributed by atoms with Gasteiger partial charge >= 0.3 is 6.03 Å². The molecule has 0 aromatic heterocycles. The van der Waals surface area contributed by atoms with Crippen molar-refractivity contribution in [3.63, 3.8) is 0 Å². The Kier molecular flexibility index (Phi) is 4.42. The van der Waals surface area contributed by atoms with E-state index in [-0.39, 0.29) is 6.03 Å². The van der Waals surface area contributed by atoms with E-state index in [0.717, 1.165) is 25.4 Å². The maximum atomic E-state index is 11.7. The average Bonchev–Trinajstić information content (AvgIpc) is 2.65. The highest BCUT2D eigenvalue weighted by Gasteiger charge is 2.20. The Bertz CT molecular complexity index is 169. The maximum absolute atomic E-state index is 11.7. The summed E-state index contributed by atoms with van der Waals surface area (Å²) in [6.45, 7) is 2.75. The van der Waals surface area contributed by atoms with E-state index in [0.29, 0.717) is 0 Å². The molecule has 0 aromatic rings. The monoisotopic (exact) mass is 202 g/mol. The van der Waals surface area contributed by atoms with Crippen LogP contribution < -0.4 is 0 Å². The van der Waals surface area contributed by atoms with Crippen LogP contribution in [0.4, 0.5) is 4.79 Å². The Morgan fingerprint density at radius 3 is 2.62 bits per heavy atom. The SMILES string of the molecule is CSCCN(C)C(=O)N1CCCC1. The van der Waals surface area contributed by atoms with Gasteiger partial charge in [0.2, 0.25) is 0 Å². The molecule has 1 aliphatic rings. The van der Waals surface area contributed by atoms with Crippen molar-refractivity contribution in [1.82, 2.24) is 9.80 Å². The third-order valence-electron chi connectivity index (χ3n) is 2.33. The molecular weight excluding hydrogens is 184 g/mol. The van der Waals surface area contributed by atoms with Crippen LogP contribution in [0.3, 0.4) is 0 Å². The van der Waals surface area contributed by atoms with E-state index in [1.54, 1.807) is 11.8 Å². The highest BCUT2D eigenvalue weighted by molar-refractivity contribution is 7.98. The lowest BCUT2D eigenvalue weighted by molar-refractivity contribution is 0.175. The summed E-state index contributed by atoms with van der Waals surface area (Å²) in [5.74, 6) is 1.02. The summed E-state index contributed by atoms with van der Waals surface area (Å²) in [4.78, 5) is 15.5. The summed E-state index contributed by atoms with van der Waals surface area (Å²) < 4.78 is 0. The number of urea groups is 1. The number of amides is 2. The van der Waals surface area contributed by atoms with Crippen LogP contribution in [0.2, 0.25) is 0 Å². The highest BCUT2D eigenvalue weighted by Crippen LogP contribution is 2.09. The molecule has 13 heavy (non-hydrogen) atoms. The fraction of sp³-hybridized carbons (Fsp3) is 0.889. The second-order valence-corrected chi connectivity index (χ2v) is 4.38. The van der Waals surface area contributed by atoms with Crippen LogP contribution in [-0.2, 0) is 0 Å². The molecule has 2 amide bonds. The van der Waals surface area contributed by atoms with E-state index in [1.807, 2.05) is 16.8 Å². The standard InChI is InChI=1S/C9H18N2OS/c1-10(7-8-13-2)9(12)11-5-3-4-6-11/h3-8H2,1-2H3. The van der Waals surface area contributed by atoms with Gasteiger partial charge in [0.25, 0.3) is 0 Å². The van der Waals surface area contributed by atoms with Gasteiger partial charge in [-0.05, 0) is 19.1 Å². The second kappa shape index (κ2) is 5.37. The van der Waals surface area contributed by atoms with Crippen LogP contribution in [0, 0.1) is 0 Å². The number of thioether (sulfide) groups is 1. The number of carbonyl (C=O) groups is 1. The molecule has 0 atom stereocenters. The normalized spacial score (nSPS) is 16.3. The number of hydrogen-bond donors (Lipinski definition) is 0. The molecule has 3 nitrogen and oxygen atoms in total. The molecule has 0 aromatic carbocycles. The van der Waals surface area contributed by atoms with E-state index in [1.165, 1.54) is 12.8 Å². The Morgan fingerprint density at radius 1 is 1.46 bits per heavy atom. The van der Waals surface area contributed by atoms with Gasteiger partial charge in [0.1, 0.15) is 0 Å². The first-order valence-corrected chi connectivity index (χ1v) is 6.14. The average molecular weight is 202 g/mol. The molecule has 76 valence electrons. The zero-order valence-corrected chi connectivity index (χ0v) is 9.27. The maximum Gasteiger partial charge on any atom is 0.319 e. The van der Waals surface area contributed by atoms with E-state index in [4.69, 9.17) is 0 Å². The molecule has 1 saturated heterocycles. The lowest BCUT2D eigenvalue weighted by Crippen LogP contribution is -2.40. The van der Waals surface area contributed by atoms with Gasteiger partial charge in [-0.1, -0.05) is 0 Å². The topological polar surface area (TPSA) is 23.6 Å². The smallest absolute Gasteiger partial charge is 0.319 e. The van der Waals surface area contributed by atoms with Gasteiger partial charge in [0, 0.05) is 32.4 Å². The fourth-order valence-corrected chi connectivity index (χ4v) is 1.93. The van der Waals surface area contributed by atoms with Crippen LogP contribution in [0.5, 0.6) is 0 Å². The molecule has 4 heteroatoms.